The molecule has 0 saturated carbocycles. The van der Waals surface area contributed by atoms with Crippen LogP contribution >= 0.6 is 0 Å². The second-order valence-electron chi connectivity index (χ2n) is 2.95. The zero-order valence-corrected chi connectivity index (χ0v) is 8.10. The van der Waals surface area contributed by atoms with Gasteiger partial charge in [0.05, 0.1) is 16.8 Å². The molecule has 2 aromatic rings. The van der Waals surface area contributed by atoms with Crippen LogP contribution in [0.25, 0.3) is 11.0 Å². The SMILES string of the molecule is CS(=O)Cc1cc2ncccc2[nH]1. The van der Waals surface area contributed by atoms with Gasteiger partial charge < -0.3 is 4.98 Å². The lowest BCUT2D eigenvalue weighted by atomic mass is 10.4. The number of nitrogens with zero attached hydrogens (tertiary/aromatic N) is 1. The summed E-state index contributed by atoms with van der Waals surface area (Å²) in [7, 11) is -0.802. The molecule has 2 heterocycles. The summed E-state index contributed by atoms with van der Waals surface area (Å²) in [6, 6.07) is 5.78. The van der Waals surface area contributed by atoms with E-state index in [1.165, 1.54) is 0 Å². The van der Waals surface area contributed by atoms with Crippen molar-refractivity contribution in [1.29, 1.82) is 0 Å². The highest BCUT2D eigenvalue weighted by Gasteiger charge is 2.01. The van der Waals surface area contributed by atoms with Crippen LogP contribution in [0.3, 0.4) is 0 Å². The van der Waals surface area contributed by atoms with Crippen LogP contribution in [0.15, 0.2) is 24.4 Å². The van der Waals surface area contributed by atoms with Crippen molar-refractivity contribution in [2.45, 2.75) is 5.75 Å². The van der Waals surface area contributed by atoms with Gasteiger partial charge in [-0.15, -0.1) is 0 Å². The molecule has 2 rings (SSSR count). The monoisotopic (exact) mass is 194 g/mol. The van der Waals surface area contributed by atoms with Crippen LogP contribution in [-0.4, -0.2) is 20.4 Å². The standard InChI is InChI=1S/C9H10N2OS/c1-13(12)6-7-5-9-8(11-7)3-2-4-10-9/h2-5,11H,6H2,1H3. The van der Waals surface area contributed by atoms with Crippen molar-refractivity contribution < 1.29 is 4.21 Å². The maximum absolute atomic E-state index is 11.0. The lowest BCUT2D eigenvalue weighted by molar-refractivity contribution is 0.686. The number of H-pyrrole nitrogens is 1. The van der Waals surface area contributed by atoms with Crippen LogP contribution < -0.4 is 0 Å². The Morgan fingerprint density at radius 2 is 2.46 bits per heavy atom. The van der Waals surface area contributed by atoms with Gasteiger partial charge in [0.1, 0.15) is 0 Å². The van der Waals surface area contributed by atoms with E-state index in [4.69, 9.17) is 0 Å². The van der Waals surface area contributed by atoms with Gasteiger partial charge in [-0.25, -0.2) is 0 Å². The number of rotatable bonds is 2. The van der Waals surface area contributed by atoms with Gasteiger partial charge >= 0.3 is 0 Å². The van der Waals surface area contributed by atoms with Crippen LogP contribution in [0.1, 0.15) is 5.69 Å². The zero-order chi connectivity index (χ0) is 9.26. The number of aromatic amines is 1. The molecule has 0 aliphatic heterocycles. The number of hydrogen-bond donors (Lipinski definition) is 1. The molecule has 0 aromatic carbocycles. The number of hydrogen-bond acceptors (Lipinski definition) is 2. The van der Waals surface area contributed by atoms with Crippen molar-refractivity contribution in [1.82, 2.24) is 9.97 Å². The molecule has 4 heteroatoms. The quantitative estimate of drug-likeness (QED) is 0.786. The van der Waals surface area contributed by atoms with Gasteiger partial charge in [0.25, 0.3) is 0 Å². The van der Waals surface area contributed by atoms with E-state index in [-0.39, 0.29) is 0 Å². The first-order valence-corrected chi connectivity index (χ1v) is 5.71. The molecule has 68 valence electrons. The van der Waals surface area contributed by atoms with Gasteiger partial charge in [0, 0.05) is 28.9 Å². The average Bonchev–Trinajstić information content (AvgIpc) is 2.44. The first-order chi connectivity index (χ1) is 6.25. The van der Waals surface area contributed by atoms with Crippen molar-refractivity contribution in [3.8, 4) is 0 Å². The smallest absolute Gasteiger partial charge is 0.0881 e. The Labute approximate surface area is 78.6 Å². The summed E-state index contributed by atoms with van der Waals surface area (Å²) in [6.07, 6.45) is 3.45. The number of nitrogens with one attached hydrogen (secondary N) is 1. The normalized spacial score (nSPS) is 13.3. The third-order valence-corrected chi connectivity index (χ3v) is 2.52. The van der Waals surface area contributed by atoms with Gasteiger partial charge in [-0.1, -0.05) is 0 Å². The van der Waals surface area contributed by atoms with E-state index < -0.39 is 10.8 Å². The lowest BCUT2D eigenvalue weighted by Gasteiger charge is -1.89. The van der Waals surface area contributed by atoms with Crippen LogP contribution in [0, 0.1) is 0 Å². The Hall–Kier alpha value is -1.16. The number of fused-ring (bicyclic) bond motifs is 1. The molecule has 2 aromatic heterocycles. The Bertz CT molecular complexity index is 417. The predicted octanol–water partition coefficient (Wildman–Crippen LogP) is 1.44. The second-order valence-corrected chi connectivity index (χ2v) is 4.38. The Morgan fingerprint density at radius 1 is 1.62 bits per heavy atom. The van der Waals surface area contributed by atoms with Gasteiger partial charge in [-0.2, -0.15) is 0 Å². The van der Waals surface area contributed by atoms with Crippen molar-refractivity contribution in [3.05, 3.63) is 30.1 Å². The van der Waals surface area contributed by atoms with E-state index in [0.29, 0.717) is 5.75 Å². The third kappa shape index (κ3) is 1.78. The molecular formula is C9H10N2OS. The van der Waals surface area contributed by atoms with Gasteiger partial charge in [-0.05, 0) is 18.2 Å². The lowest BCUT2D eigenvalue weighted by Crippen LogP contribution is -1.91. The van der Waals surface area contributed by atoms with Crippen LogP contribution in [0.5, 0.6) is 0 Å². The van der Waals surface area contributed by atoms with E-state index in [0.717, 1.165) is 16.7 Å². The molecule has 0 aliphatic rings. The molecule has 0 aliphatic carbocycles. The fourth-order valence-electron chi connectivity index (χ4n) is 1.31. The fourth-order valence-corrected chi connectivity index (χ4v) is 1.90. The molecule has 0 amide bonds. The van der Waals surface area contributed by atoms with E-state index in [2.05, 4.69) is 9.97 Å². The van der Waals surface area contributed by atoms with Crippen LogP contribution in [0.2, 0.25) is 0 Å². The minimum atomic E-state index is -0.802. The minimum Gasteiger partial charge on any atom is -0.356 e. The average molecular weight is 194 g/mol. The highest BCUT2D eigenvalue weighted by Crippen LogP contribution is 2.12. The summed E-state index contributed by atoms with van der Waals surface area (Å²) < 4.78 is 11.0. The minimum absolute atomic E-state index is 0.566. The maximum atomic E-state index is 11.0. The fraction of sp³-hybridized carbons (Fsp3) is 0.222. The van der Waals surface area contributed by atoms with Crippen molar-refractivity contribution >= 4 is 21.8 Å². The Kier molecular flexibility index (Phi) is 2.14. The largest absolute Gasteiger partial charge is 0.356 e. The summed E-state index contributed by atoms with van der Waals surface area (Å²) in [6.45, 7) is 0. The van der Waals surface area contributed by atoms with E-state index >= 15 is 0 Å². The molecule has 3 nitrogen and oxygen atoms in total. The molecule has 0 radical (unpaired) electrons. The summed E-state index contributed by atoms with van der Waals surface area (Å²) in [4.78, 5) is 7.35. The van der Waals surface area contributed by atoms with Crippen molar-refractivity contribution in [2.24, 2.45) is 0 Å². The Balaban J connectivity index is 2.44. The molecule has 0 bridgehead atoms. The van der Waals surface area contributed by atoms with Crippen molar-refractivity contribution in [2.75, 3.05) is 6.26 Å². The summed E-state index contributed by atoms with van der Waals surface area (Å²) in [5.74, 6) is 0.566. The molecule has 0 fully saturated rings. The first kappa shape index (κ1) is 8.44. The molecule has 0 saturated heterocycles. The highest BCUT2D eigenvalue weighted by molar-refractivity contribution is 7.83. The maximum Gasteiger partial charge on any atom is 0.0881 e. The van der Waals surface area contributed by atoms with Crippen LogP contribution in [-0.2, 0) is 16.6 Å². The summed E-state index contributed by atoms with van der Waals surface area (Å²) in [5.41, 5.74) is 2.92. The third-order valence-electron chi connectivity index (χ3n) is 1.80. The molecule has 1 atom stereocenters. The topological polar surface area (TPSA) is 45.8 Å². The zero-order valence-electron chi connectivity index (χ0n) is 7.28. The van der Waals surface area contributed by atoms with Gasteiger partial charge in [0.2, 0.25) is 0 Å². The second kappa shape index (κ2) is 3.30. The van der Waals surface area contributed by atoms with Crippen LogP contribution in [0.4, 0.5) is 0 Å². The Morgan fingerprint density at radius 3 is 3.15 bits per heavy atom. The van der Waals surface area contributed by atoms with E-state index in [9.17, 15) is 4.21 Å². The molecule has 0 spiro atoms. The highest BCUT2D eigenvalue weighted by atomic mass is 32.2. The molecule has 1 N–H and O–H groups in total. The van der Waals surface area contributed by atoms with Gasteiger partial charge in [0.15, 0.2) is 0 Å². The van der Waals surface area contributed by atoms with Crippen molar-refractivity contribution in [3.63, 3.8) is 0 Å². The van der Waals surface area contributed by atoms with E-state index in [1.807, 2.05) is 18.2 Å². The number of aromatic nitrogens is 2. The first-order valence-electron chi connectivity index (χ1n) is 3.98. The molecule has 1 unspecified atom stereocenters. The predicted molar refractivity (Wildman–Crippen MR) is 53.9 cm³/mol. The molecular weight excluding hydrogens is 184 g/mol. The van der Waals surface area contributed by atoms with Gasteiger partial charge in [-0.3, -0.25) is 9.19 Å². The summed E-state index contributed by atoms with van der Waals surface area (Å²) in [5, 5.41) is 0. The summed E-state index contributed by atoms with van der Waals surface area (Å²) >= 11 is 0. The van der Waals surface area contributed by atoms with E-state index in [1.54, 1.807) is 12.5 Å². The molecule has 13 heavy (non-hydrogen) atoms. The number of pyridine rings is 1.